The molecule has 2 aromatic heterocycles. The Morgan fingerprint density at radius 2 is 1.86 bits per heavy atom. The highest BCUT2D eigenvalue weighted by Gasteiger charge is 2.49. The first-order chi connectivity index (χ1) is 20.6. The molecule has 0 bridgehead atoms. The van der Waals surface area contributed by atoms with Gasteiger partial charge in [-0.3, -0.25) is 4.68 Å². The Balaban J connectivity index is 1.33. The summed E-state index contributed by atoms with van der Waals surface area (Å²) in [4.78, 5) is 5.29. The van der Waals surface area contributed by atoms with Gasteiger partial charge in [-0.1, -0.05) is 48.5 Å². The Kier molecular flexibility index (Phi) is 7.99. The highest BCUT2D eigenvalue weighted by Crippen LogP contribution is 2.44. The van der Waals surface area contributed by atoms with Crippen molar-refractivity contribution in [3.8, 4) is 17.1 Å². The summed E-state index contributed by atoms with van der Waals surface area (Å²) in [6, 6.07) is 24.2. The zero-order valence-corrected chi connectivity index (χ0v) is 27.5. The standard InChI is InChI=1S/C32H28FIN4O3S2/c1-32(43(39,40)38-17-15-22-9-4-5-13-26(22)38)16-14-27(42-3)29(30(32)33)41-25-12-7-10-23(20-25)31-35-28(37(2)36-31)19-21-8-6-11-24(34)18-21/h4-15,17-18,20H,16,19H2,1-3H3. The van der Waals surface area contributed by atoms with Gasteiger partial charge in [-0.2, -0.15) is 5.10 Å². The molecule has 6 rings (SSSR count). The van der Waals surface area contributed by atoms with E-state index in [2.05, 4.69) is 39.8 Å². The van der Waals surface area contributed by atoms with E-state index in [1.54, 1.807) is 47.2 Å². The fraction of sp³-hybridized carbons (Fsp3) is 0.188. The third-order valence-electron chi connectivity index (χ3n) is 7.59. The van der Waals surface area contributed by atoms with Gasteiger partial charge in [0.1, 0.15) is 16.3 Å². The van der Waals surface area contributed by atoms with Gasteiger partial charge in [0, 0.05) is 39.1 Å². The second-order valence-electron chi connectivity index (χ2n) is 10.4. The zero-order chi connectivity index (χ0) is 30.4. The molecule has 7 nitrogen and oxygen atoms in total. The van der Waals surface area contributed by atoms with Crippen LogP contribution in [0.1, 0.15) is 24.7 Å². The molecule has 2 heterocycles. The van der Waals surface area contributed by atoms with Crippen LogP contribution in [-0.2, 0) is 23.5 Å². The number of ether oxygens (including phenoxy) is 1. The van der Waals surface area contributed by atoms with E-state index >= 15 is 4.39 Å². The van der Waals surface area contributed by atoms with Crippen molar-refractivity contribution in [1.82, 2.24) is 18.7 Å². The minimum Gasteiger partial charge on any atom is -0.453 e. The van der Waals surface area contributed by atoms with E-state index in [1.165, 1.54) is 28.9 Å². The highest BCUT2D eigenvalue weighted by atomic mass is 127. The number of thioether (sulfide) groups is 1. The fourth-order valence-corrected chi connectivity index (χ4v) is 8.00. The summed E-state index contributed by atoms with van der Waals surface area (Å²) in [7, 11) is -2.35. The third kappa shape index (κ3) is 5.42. The van der Waals surface area contributed by atoms with Crippen LogP contribution in [0.25, 0.3) is 22.3 Å². The third-order valence-corrected chi connectivity index (χ3v) is 11.4. The summed E-state index contributed by atoms with van der Waals surface area (Å²) < 4.78 is 52.8. The zero-order valence-electron chi connectivity index (χ0n) is 23.7. The summed E-state index contributed by atoms with van der Waals surface area (Å²) in [6.45, 7) is 1.41. The summed E-state index contributed by atoms with van der Waals surface area (Å²) in [6.07, 6.45) is 5.61. The van der Waals surface area contributed by atoms with E-state index in [4.69, 9.17) is 9.72 Å². The van der Waals surface area contributed by atoms with Crippen molar-refractivity contribution >= 4 is 55.3 Å². The maximum atomic E-state index is 16.5. The van der Waals surface area contributed by atoms with Gasteiger partial charge in [0.15, 0.2) is 17.4 Å². The molecular weight excluding hydrogens is 698 g/mol. The molecule has 0 saturated carbocycles. The van der Waals surface area contributed by atoms with E-state index in [9.17, 15) is 8.42 Å². The molecule has 3 aromatic carbocycles. The monoisotopic (exact) mass is 726 g/mol. The molecule has 43 heavy (non-hydrogen) atoms. The van der Waals surface area contributed by atoms with Gasteiger partial charge in [0.2, 0.25) is 0 Å². The van der Waals surface area contributed by atoms with E-state index in [1.807, 2.05) is 43.6 Å². The highest BCUT2D eigenvalue weighted by molar-refractivity contribution is 14.1. The van der Waals surface area contributed by atoms with Gasteiger partial charge in [0.05, 0.1) is 5.52 Å². The first-order valence-electron chi connectivity index (χ1n) is 13.5. The smallest absolute Gasteiger partial charge is 0.251 e. The van der Waals surface area contributed by atoms with Crippen molar-refractivity contribution in [2.45, 2.75) is 24.5 Å². The topological polar surface area (TPSA) is 79.0 Å². The quantitative estimate of drug-likeness (QED) is 0.155. The predicted octanol–water partition coefficient (Wildman–Crippen LogP) is 7.48. The Hall–Kier alpha value is -3.42. The molecule has 1 atom stereocenters. The number of hydrogen-bond donors (Lipinski definition) is 0. The predicted molar refractivity (Wildman–Crippen MR) is 178 cm³/mol. The summed E-state index contributed by atoms with van der Waals surface area (Å²) in [5.41, 5.74) is 2.33. The second-order valence-corrected chi connectivity index (χ2v) is 14.8. The lowest BCUT2D eigenvalue weighted by Crippen LogP contribution is -2.42. The average molecular weight is 727 g/mol. The Morgan fingerprint density at radius 1 is 1.07 bits per heavy atom. The molecular formula is C32H28FIN4O3S2. The van der Waals surface area contributed by atoms with Crippen molar-refractivity contribution in [1.29, 1.82) is 0 Å². The van der Waals surface area contributed by atoms with Gasteiger partial charge in [-0.05, 0) is 84.2 Å². The van der Waals surface area contributed by atoms with Crippen LogP contribution < -0.4 is 4.74 Å². The van der Waals surface area contributed by atoms with Crippen LogP contribution in [0.15, 0.2) is 108 Å². The van der Waals surface area contributed by atoms with E-state index in [-0.39, 0.29) is 12.2 Å². The Bertz CT molecular complexity index is 2030. The molecule has 1 aliphatic rings. The lowest BCUT2D eigenvalue weighted by Gasteiger charge is -2.32. The summed E-state index contributed by atoms with van der Waals surface area (Å²) >= 11 is 3.59. The number of allylic oxidation sites excluding steroid dienone is 1. The average Bonchev–Trinajstić information content (AvgIpc) is 3.60. The van der Waals surface area contributed by atoms with Crippen LogP contribution in [0.2, 0.25) is 0 Å². The van der Waals surface area contributed by atoms with Crippen molar-refractivity contribution < 1.29 is 17.5 Å². The first-order valence-corrected chi connectivity index (χ1v) is 17.2. The number of para-hydroxylation sites is 1. The minimum absolute atomic E-state index is 0.0299. The van der Waals surface area contributed by atoms with E-state index in [0.29, 0.717) is 34.0 Å². The lowest BCUT2D eigenvalue weighted by atomic mass is 9.99. The lowest BCUT2D eigenvalue weighted by molar-refractivity contribution is 0.375. The molecule has 0 radical (unpaired) electrons. The molecule has 0 spiro atoms. The van der Waals surface area contributed by atoms with Gasteiger partial charge < -0.3 is 4.74 Å². The number of fused-ring (bicyclic) bond motifs is 1. The van der Waals surface area contributed by atoms with Crippen LogP contribution in [-0.4, -0.2) is 38.2 Å². The van der Waals surface area contributed by atoms with Gasteiger partial charge >= 0.3 is 0 Å². The molecule has 220 valence electrons. The molecule has 0 amide bonds. The molecule has 1 unspecified atom stereocenters. The maximum absolute atomic E-state index is 16.5. The van der Waals surface area contributed by atoms with Crippen LogP contribution in [0.3, 0.4) is 0 Å². The molecule has 5 aromatic rings. The number of halogens is 2. The van der Waals surface area contributed by atoms with Crippen LogP contribution in [0.4, 0.5) is 4.39 Å². The SMILES string of the molecule is CSC1=CCC(C)(S(=O)(=O)n2ccc3ccccc32)C(F)=C1Oc1cccc(-c2nc(Cc3cccc(I)c3)n(C)n2)c1. The van der Waals surface area contributed by atoms with Crippen molar-refractivity contribution in [2.75, 3.05) is 6.26 Å². The molecule has 0 N–H and O–H groups in total. The number of aryl methyl sites for hydroxylation is 1. The van der Waals surface area contributed by atoms with Crippen molar-refractivity contribution in [3.05, 3.63) is 123 Å². The number of hydrogen-bond acceptors (Lipinski definition) is 6. The van der Waals surface area contributed by atoms with Gasteiger partial charge in [-0.25, -0.2) is 21.8 Å². The van der Waals surface area contributed by atoms with Crippen LogP contribution in [0.5, 0.6) is 5.75 Å². The van der Waals surface area contributed by atoms with Crippen molar-refractivity contribution in [3.63, 3.8) is 0 Å². The molecule has 0 saturated heterocycles. The van der Waals surface area contributed by atoms with Gasteiger partial charge in [-0.15, -0.1) is 11.8 Å². The molecule has 1 aliphatic carbocycles. The molecule has 11 heteroatoms. The largest absolute Gasteiger partial charge is 0.453 e. The van der Waals surface area contributed by atoms with E-state index in [0.717, 1.165) is 20.3 Å². The Morgan fingerprint density at radius 3 is 2.65 bits per heavy atom. The minimum atomic E-state index is -4.21. The second kappa shape index (κ2) is 11.6. The number of nitrogens with zero attached hydrogens (tertiary/aromatic N) is 4. The fourth-order valence-electron chi connectivity index (χ4n) is 5.13. The first kappa shape index (κ1) is 29.6. The molecule has 0 aliphatic heterocycles. The number of aromatic nitrogens is 4. The number of benzene rings is 3. The number of rotatable bonds is 8. The van der Waals surface area contributed by atoms with Gasteiger partial charge in [0.25, 0.3) is 10.0 Å². The van der Waals surface area contributed by atoms with E-state index < -0.39 is 20.6 Å². The van der Waals surface area contributed by atoms with Crippen LogP contribution >= 0.6 is 34.4 Å². The maximum Gasteiger partial charge on any atom is 0.251 e. The summed E-state index contributed by atoms with van der Waals surface area (Å²) in [5, 5.41) is 5.36. The molecule has 0 fully saturated rings. The normalized spacial score (nSPS) is 17.4. The Labute approximate surface area is 267 Å². The summed E-state index contributed by atoms with van der Waals surface area (Å²) in [5.74, 6) is 0.724. The van der Waals surface area contributed by atoms with Crippen molar-refractivity contribution in [2.24, 2.45) is 7.05 Å². The van der Waals surface area contributed by atoms with Crippen LogP contribution in [0, 0.1) is 3.57 Å².